The van der Waals surface area contributed by atoms with E-state index in [1.165, 1.54) is 5.01 Å². The van der Waals surface area contributed by atoms with Gasteiger partial charge in [0.05, 0.1) is 24.7 Å². The first-order valence-electron chi connectivity index (χ1n) is 6.18. The molecule has 0 fully saturated rings. The fourth-order valence-electron chi connectivity index (χ4n) is 1.61. The molecule has 0 aliphatic carbocycles. The van der Waals surface area contributed by atoms with Crippen LogP contribution in [0.4, 0.5) is 0 Å². The van der Waals surface area contributed by atoms with Crippen LogP contribution in [0.5, 0.6) is 0 Å². The largest absolute Gasteiger partial charge is 0.569 e. The van der Waals surface area contributed by atoms with Crippen molar-refractivity contribution in [1.82, 2.24) is 10.3 Å². The minimum atomic E-state index is -0.394. The highest BCUT2D eigenvalue weighted by molar-refractivity contribution is 4.66. The normalized spacial score (nSPS) is 15.4. The highest BCUT2D eigenvalue weighted by Gasteiger charge is 2.23. The first-order chi connectivity index (χ1) is 8.64. The van der Waals surface area contributed by atoms with Gasteiger partial charge in [-0.25, -0.2) is 0 Å². The number of nitrogens with one attached hydrogen (secondary N) is 1. The second kappa shape index (κ2) is 9.86. The first-order valence-corrected chi connectivity index (χ1v) is 6.18. The molecule has 0 spiro atoms. The Morgan fingerprint density at radius 1 is 1.28 bits per heavy atom. The summed E-state index contributed by atoms with van der Waals surface area (Å²) in [5.41, 5.74) is 0. The van der Waals surface area contributed by atoms with Gasteiger partial charge in [0.25, 0.3) is 0 Å². The van der Waals surface area contributed by atoms with Crippen LogP contribution in [0.25, 0.3) is 0 Å². The molecule has 108 valence electrons. The van der Waals surface area contributed by atoms with Crippen LogP contribution in [0.2, 0.25) is 0 Å². The van der Waals surface area contributed by atoms with Crippen molar-refractivity contribution in [3.05, 3.63) is 5.21 Å². The molecule has 0 aliphatic rings. The van der Waals surface area contributed by atoms with Crippen LogP contribution < -0.4 is 5.32 Å². The lowest BCUT2D eigenvalue weighted by molar-refractivity contribution is -0.717. The zero-order valence-electron chi connectivity index (χ0n) is 11.0. The lowest BCUT2D eigenvalue weighted by atomic mass is 10.2. The van der Waals surface area contributed by atoms with Gasteiger partial charge in [-0.1, -0.05) is 13.8 Å². The van der Waals surface area contributed by atoms with E-state index < -0.39 is 6.04 Å². The number of nitrogens with zero attached hydrogens (tertiary/aromatic N) is 3. The van der Waals surface area contributed by atoms with Crippen LogP contribution in [-0.2, 0) is 0 Å². The minimum Gasteiger partial charge on any atom is -0.569 e. The lowest BCUT2D eigenvalue weighted by Gasteiger charge is -2.25. The van der Waals surface area contributed by atoms with Crippen LogP contribution >= 0.6 is 0 Å². The summed E-state index contributed by atoms with van der Waals surface area (Å²) in [5.74, 6) is 0. The second-order valence-electron chi connectivity index (χ2n) is 3.99. The molecule has 0 aromatic heterocycles. The van der Waals surface area contributed by atoms with Gasteiger partial charge in [-0.05, 0) is 12.8 Å². The molecule has 0 rings (SSSR count). The SMILES string of the molecule is CCC(CO)NCCN(C(CC)CO)[N+]([O-])=NO. The molecule has 0 saturated carbocycles. The van der Waals surface area contributed by atoms with E-state index in [2.05, 4.69) is 10.6 Å². The van der Waals surface area contributed by atoms with Gasteiger partial charge in [0.1, 0.15) is 6.04 Å². The van der Waals surface area contributed by atoms with E-state index in [1.807, 2.05) is 13.8 Å². The van der Waals surface area contributed by atoms with Gasteiger partial charge in [-0.15, -0.1) is 5.01 Å². The Morgan fingerprint density at radius 3 is 2.33 bits per heavy atom. The predicted molar refractivity (Wildman–Crippen MR) is 64.9 cm³/mol. The zero-order chi connectivity index (χ0) is 14.0. The van der Waals surface area contributed by atoms with Crippen LogP contribution in [0.15, 0.2) is 5.28 Å². The van der Waals surface area contributed by atoms with E-state index in [0.717, 1.165) is 6.42 Å². The molecular formula is C10H24N4O4. The molecule has 8 nitrogen and oxygen atoms in total. The van der Waals surface area contributed by atoms with Crippen molar-refractivity contribution in [3.8, 4) is 0 Å². The van der Waals surface area contributed by atoms with E-state index in [1.54, 1.807) is 0 Å². The molecule has 0 aliphatic heterocycles. The molecular weight excluding hydrogens is 240 g/mol. The Bertz CT molecular complexity index is 232. The molecule has 18 heavy (non-hydrogen) atoms. The molecule has 8 heteroatoms. The molecule has 0 saturated heterocycles. The first kappa shape index (κ1) is 16.9. The summed E-state index contributed by atoms with van der Waals surface area (Å²) in [6.45, 7) is 4.33. The smallest absolute Gasteiger partial charge is 0.230 e. The van der Waals surface area contributed by atoms with Crippen molar-refractivity contribution in [2.24, 2.45) is 5.28 Å². The maximum atomic E-state index is 11.3. The van der Waals surface area contributed by atoms with Crippen LogP contribution in [0.1, 0.15) is 26.7 Å². The summed E-state index contributed by atoms with van der Waals surface area (Å²) in [4.78, 5) is 0.0754. The van der Waals surface area contributed by atoms with Crippen LogP contribution in [-0.4, -0.2) is 63.8 Å². The highest BCUT2D eigenvalue weighted by atomic mass is 16.6. The molecule has 4 N–H and O–H groups in total. The van der Waals surface area contributed by atoms with Crippen molar-refractivity contribution >= 4 is 0 Å². The zero-order valence-corrected chi connectivity index (χ0v) is 11.0. The van der Waals surface area contributed by atoms with Crippen LogP contribution in [0.3, 0.4) is 0 Å². The lowest BCUT2D eigenvalue weighted by Crippen LogP contribution is -2.47. The molecule has 0 amide bonds. The van der Waals surface area contributed by atoms with Gasteiger partial charge in [0.2, 0.25) is 5.28 Å². The van der Waals surface area contributed by atoms with Crippen LogP contribution in [0, 0.1) is 5.21 Å². The van der Waals surface area contributed by atoms with E-state index >= 15 is 0 Å². The number of hydrazine groups is 1. The van der Waals surface area contributed by atoms with Gasteiger partial charge in [-0.3, -0.25) is 0 Å². The van der Waals surface area contributed by atoms with Crippen molar-refractivity contribution in [3.63, 3.8) is 0 Å². The predicted octanol–water partition coefficient (Wildman–Crippen LogP) is -0.313. The van der Waals surface area contributed by atoms with Gasteiger partial charge in [-0.2, -0.15) is 0 Å². The molecule has 2 atom stereocenters. The number of hydrogen-bond donors (Lipinski definition) is 4. The van der Waals surface area contributed by atoms with Gasteiger partial charge in [0.15, 0.2) is 0 Å². The summed E-state index contributed by atoms with van der Waals surface area (Å²) in [5, 5.41) is 44.8. The number of rotatable bonds is 10. The average molecular weight is 264 g/mol. The standard InChI is InChI=1S/C10H24N4O4/c1-3-9(7-15)11-5-6-13(14(18)12-17)10(4-2)8-16/h9-11,15-17H,3-8H2,1-2H3. The number of aliphatic hydroxyl groups is 2. The fourth-order valence-corrected chi connectivity index (χ4v) is 1.61. The summed E-state index contributed by atoms with van der Waals surface area (Å²) >= 11 is 0. The summed E-state index contributed by atoms with van der Waals surface area (Å²) in [7, 11) is 0. The number of hydrogen-bond acceptors (Lipinski definition) is 5. The van der Waals surface area contributed by atoms with E-state index in [9.17, 15) is 5.21 Å². The Labute approximate surface area is 107 Å². The average Bonchev–Trinajstić information content (AvgIpc) is 2.41. The third-order valence-electron chi connectivity index (χ3n) is 2.89. The third kappa shape index (κ3) is 5.48. The molecule has 0 radical (unpaired) electrons. The Hall–Kier alpha value is -1.12. The summed E-state index contributed by atoms with van der Waals surface area (Å²) in [6, 6.07) is -0.415. The monoisotopic (exact) mass is 264 g/mol. The van der Waals surface area contributed by atoms with Crippen molar-refractivity contribution in [2.45, 2.75) is 38.8 Å². The van der Waals surface area contributed by atoms with Crippen molar-refractivity contribution < 1.29 is 20.4 Å². The number of aliphatic hydroxyl groups excluding tert-OH is 2. The summed E-state index contributed by atoms with van der Waals surface area (Å²) < 4.78 is 0. The minimum absolute atomic E-state index is 0.0211. The third-order valence-corrected chi connectivity index (χ3v) is 2.89. The molecule has 0 aromatic rings. The maximum absolute atomic E-state index is 11.3. The van der Waals surface area contributed by atoms with Gasteiger partial charge < -0.3 is 25.9 Å². The van der Waals surface area contributed by atoms with Gasteiger partial charge in [0, 0.05) is 12.6 Å². The molecule has 0 aromatic carbocycles. The fraction of sp³-hybridized carbons (Fsp3) is 1.00. The van der Waals surface area contributed by atoms with E-state index in [4.69, 9.17) is 15.4 Å². The quantitative estimate of drug-likeness (QED) is 0.244. The van der Waals surface area contributed by atoms with E-state index in [0.29, 0.717) is 13.0 Å². The molecule has 2 unspecified atom stereocenters. The van der Waals surface area contributed by atoms with Gasteiger partial charge >= 0.3 is 0 Å². The summed E-state index contributed by atoms with van der Waals surface area (Å²) in [6.07, 6.45) is 1.33. The maximum Gasteiger partial charge on any atom is 0.230 e. The molecule has 0 bridgehead atoms. The highest BCUT2D eigenvalue weighted by Crippen LogP contribution is 2.04. The van der Waals surface area contributed by atoms with Crippen molar-refractivity contribution in [2.75, 3.05) is 26.3 Å². The molecule has 0 heterocycles. The Balaban J connectivity index is 4.34. The topological polar surface area (TPSA) is 114 Å². The van der Waals surface area contributed by atoms with E-state index in [-0.39, 0.29) is 30.8 Å². The second-order valence-corrected chi connectivity index (χ2v) is 3.99. The van der Waals surface area contributed by atoms with Crippen molar-refractivity contribution in [1.29, 1.82) is 0 Å². The Kier molecular flexibility index (Phi) is 9.25. The Morgan fingerprint density at radius 2 is 1.94 bits per heavy atom.